The number of benzene rings is 1. The lowest BCUT2D eigenvalue weighted by Crippen LogP contribution is -2.65. The van der Waals surface area contributed by atoms with Gasteiger partial charge in [0.15, 0.2) is 5.06 Å². The first-order chi connectivity index (χ1) is 15.7. The number of rotatable bonds is 8. The summed E-state index contributed by atoms with van der Waals surface area (Å²) < 4.78 is 37.7. The number of methoxy groups -OCH3 is 1. The van der Waals surface area contributed by atoms with E-state index in [4.69, 9.17) is 32.7 Å². The molecule has 2 N–H and O–H groups in total. The van der Waals surface area contributed by atoms with Crippen LogP contribution in [0.5, 0.6) is 0 Å². The monoisotopic (exact) mass is 535 g/mol. The first-order valence-electron chi connectivity index (χ1n) is 10.1. The number of fused-ring (bicyclic) bond motifs is 1. The number of nitrogens with zero attached hydrogens (tertiary/aromatic N) is 1. The molecule has 0 fully saturated rings. The van der Waals surface area contributed by atoms with Crippen LogP contribution in [-0.2, 0) is 29.1 Å². The maximum Gasteiger partial charge on any atom is 0.329 e. The maximum absolute atomic E-state index is 13.2. The number of carboxylic acids is 2. The number of halogens is 2. The largest absolute Gasteiger partial charge is 0.481 e. The van der Waals surface area contributed by atoms with E-state index in [0.29, 0.717) is 9.88 Å². The van der Waals surface area contributed by atoms with Gasteiger partial charge >= 0.3 is 11.9 Å². The number of sulfonamides is 1. The average molecular weight is 536 g/mol. The molecule has 1 aromatic carbocycles. The molecule has 0 saturated heterocycles. The summed E-state index contributed by atoms with van der Waals surface area (Å²) in [4.78, 5) is 34.3. The molecule has 34 heavy (non-hydrogen) atoms. The maximum atomic E-state index is 13.2. The standard InChI is InChI=1S/C21H23Cl2NO9S/c1-11(2)13-8-21(23,32-3)16(19(28)29)20(22,17(13)33-9-15(25)26)10-24-18(27)12-6-4-5-7-14(12)34(24,30)31/h4-8,11,16-17H,9-10H2,1-3H3,(H,25,26)(H,28,29). The van der Waals surface area contributed by atoms with Crippen LogP contribution in [0.1, 0.15) is 24.2 Å². The van der Waals surface area contributed by atoms with Gasteiger partial charge in [0.05, 0.1) is 12.1 Å². The van der Waals surface area contributed by atoms with Crippen LogP contribution in [0, 0.1) is 11.8 Å². The molecular weight excluding hydrogens is 513 g/mol. The van der Waals surface area contributed by atoms with Crippen molar-refractivity contribution < 1.29 is 42.5 Å². The second kappa shape index (κ2) is 9.12. The second-order valence-corrected chi connectivity index (χ2v) is 11.4. The Morgan fingerprint density at radius 2 is 1.82 bits per heavy atom. The molecule has 186 valence electrons. The zero-order valence-corrected chi connectivity index (χ0v) is 20.7. The molecule has 1 amide bonds. The lowest BCUT2D eigenvalue weighted by atomic mass is 9.71. The van der Waals surface area contributed by atoms with Crippen LogP contribution in [0.3, 0.4) is 0 Å². The summed E-state index contributed by atoms with van der Waals surface area (Å²) in [5, 5.41) is 17.2. The Morgan fingerprint density at radius 1 is 1.21 bits per heavy atom. The molecule has 4 unspecified atom stereocenters. The van der Waals surface area contributed by atoms with E-state index in [1.54, 1.807) is 13.8 Å². The van der Waals surface area contributed by atoms with Crippen molar-refractivity contribution in [3.05, 3.63) is 41.5 Å². The minimum absolute atomic E-state index is 0.100. The fourth-order valence-corrected chi connectivity index (χ4v) is 7.06. The number of carbonyl (C=O) groups excluding carboxylic acids is 1. The molecule has 1 heterocycles. The van der Waals surface area contributed by atoms with Crippen LogP contribution >= 0.6 is 23.2 Å². The molecule has 0 saturated carbocycles. The van der Waals surface area contributed by atoms with E-state index in [1.807, 2.05) is 0 Å². The molecule has 10 nitrogen and oxygen atoms in total. The lowest BCUT2D eigenvalue weighted by molar-refractivity contribution is -0.155. The van der Waals surface area contributed by atoms with Gasteiger partial charge in [-0.15, -0.1) is 11.6 Å². The summed E-state index contributed by atoms with van der Waals surface area (Å²) in [6.45, 7) is 1.69. The van der Waals surface area contributed by atoms with Crippen molar-refractivity contribution in [2.45, 2.75) is 34.8 Å². The second-order valence-electron chi connectivity index (χ2n) is 8.30. The van der Waals surface area contributed by atoms with E-state index in [1.165, 1.54) is 30.3 Å². The first-order valence-corrected chi connectivity index (χ1v) is 12.3. The van der Waals surface area contributed by atoms with E-state index in [2.05, 4.69) is 0 Å². The molecule has 1 aliphatic carbocycles. The molecular formula is C21H23Cl2NO9S. The molecule has 13 heteroatoms. The number of alkyl halides is 2. The number of carbonyl (C=O) groups is 3. The molecule has 1 aliphatic heterocycles. The first kappa shape index (κ1) is 26.4. The van der Waals surface area contributed by atoms with E-state index in [9.17, 15) is 33.0 Å². The molecule has 3 rings (SSSR count). The van der Waals surface area contributed by atoms with Crippen LogP contribution in [-0.4, -0.2) is 77.1 Å². The van der Waals surface area contributed by atoms with Gasteiger partial charge in [-0.05, 0) is 29.7 Å². The van der Waals surface area contributed by atoms with E-state index in [-0.39, 0.29) is 16.4 Å². The van der Waals surface area contributed by atoms with Gasteiger partial charge in [0.1, 0.15) is 28.4 Å². The molecule has 1 aromatic rings. The normalized spacial score (nSPS) is 30.2. The zero-order valence-electron chi connectivity index (χ0n) is 18.4. The van der Waals surface area contributed by atoms with Crippen molar-refractivity contribution in [3.8, 4) is 0 Å². The molecule has 0 radical (unpaired) electrons. The molecule has 2 aliphatic rings. The number of ether oxygens (including phenoxy) is 2. The minimum Gasteiger partial charge on any atom is -0.481 e. The van der Waals surface area contributed by atoms with E-state index in [0.717, 1.165) is 7.11 Å². The summed E-state index contributed by atoms with van der Waals surface area (Å²) in [5.74, 6) is -6.06. The summed E-state index contributed by atoms with van der Waals surface area (Å²) in [5.41, 5.74) is 0.198. The summed E-state index contributed by atoms with van der Waals surface area (Å²) in [6.07, 6.45) is -0.139. The van der Waals surface area contributed by atoms with Crippen molar-refractivity contribution in [1.82, 2.24) is 4.31 Å². The average Bonchev–Trinajstić information content (AvgIpc) is 2.93. The van der Waals surface area contributed by atoms with Gasteiger partial charge in [0.25, 0.3) is 15.9 Å². The predicted octanol–water partition coefficient (Wildman–Crippen LogP) is 2.16. The highest BCUT2D eigenvalue weighted by atomic mass is 35.5. The Kier molecular flexibility index (Phi) is 7.09. The SMILES string of the molecule is COC1(Cl)C=C(C(C)C)C(OCC(=O)O)C(Cl)(CN2C(=O)c3ccccc3S2(=O)=O)C1C(=O)O. The van der Waals surface area contributed by atoms with E-state index < -0.39 is 63.0 Å². The summed E-state index contributed by atoms with van der Waals surface area (Å²) >= 11 is 13.5. The third kappa shape index (κ3) is 4.20. The number of aliphatic carboxylic acids is 2. The lowest BCUT2D eigenvalue weighted by Gasteiger charge is -2.50. The van der Waals surface area contributed by atoms with Crippen molar-refractivity contribution >= 4 is 51.1 Å². The Balaban J connectivity index is 2.22. The van der Waals surface area contributed by atoms with Gasteiger partial charge < -0.3 is 19.7 Å². The number of hydrogen-bond acceptors (Lipinski definition) is 7. The van der Waals surface area contributed by atoms with Crippen molar-refractivity contribution in [1.29, 1.82) is 0 Å². The highest BCUT2D eigenvalue weighted by Crippen LogP contribution is 2.52. The smallest absolute Gasteiger partial charge is 0.329 e. The van der Waals surface area contributed by atoms with Crippen LogP contribution in [0.2, 0.25) is 0 Å². The third-order valence-corrected chi connectivity index (χ3v) is 8.68. The molecule has 0 aromatic heterocycles. The Labute approximate surface area is 206 Å². The predicted molar refractivity (Wildman–Crippen MR) is 120 cm³/mol. The van der Waals surface area contributed by atoms with Crippen molar-refractivity contribution in [3.63, 3.8) is 0 Å². The number of carboxylic acid groups (broad SMARTS) is 2. The molecule has 4 atom stereocenters. The summed E-state index contributed by atoms with van der Waals surface area (Å²) in [7, 11) is -3.23. The van der Waals surface area contributed by atoms with Gasteiger partial charge in [-0.2, -0.15) is 0 Å². The van der Waals surface area contributed by atoms with Gasteiger partial charge in [-0.25, -0.2) is 17.5 Å². The van der Waals surface area contributed by atoms with Gasteiger partial charge in [-0.1, -0.05) is 37.6 Å². The van der Waals surface area contributed by atoms with Crippen molar-refractivity contribution in [2.75, 3.05) is 20.3 Å². The van der Waals surface area contributed by atoms with Crippen LogP contribution in [0.4, 0.5) is 0 Å². The number of hydrogen-bond donors (Lipinski definition) is 2. The van der Waals surface area contributed by atoms with Crippen LogP contribution < -0.4 is 0 Å². The Hall–Kier alpha value is -2.18. The zero-order chi connectivity index (χ0) is 25.6. The topological polar surface area (TPSA) is 148 Å². The quantitative estimate of drug-likeness (QED) is 0.377. The summed E-state index contributed by atoms with van der Waals surface area (Å²) in [6, 6.07) is 5.50. The van der Waals surface area contributed by atoms with Crippen LogP contribution in [0.25, 0.3) is 0 Å². The minimum atomic E-state index is -4.39. The van der Waals surface area contributed by atoms with Crippen molar-refractivity contribution in [2.24, 2.45) is 11.8 Å². The van der Waals surface area contributed by atoms with E-state index >= 15 is 0 Å². The third-order valence-electron chi connectivity index (χ3n) is 5.87. The Morgan fingerprint density at radius 3 is 2.32 bits per heavy atom. The van der Waals surface area contributed by atoms with Gasteiger partial charge in [0, 0.05) is 7.11 Å². The molecule has 0 spiro atoms. The highest BCUT2D eigenvalue weighted by Gasteiger charge is 2.64. The van der Waals surface area contributed by atoms with Crippen LogP contribution in [0.15, 0.2) is 40.8 Å². The fourth-order valence-electron chi connectivity index (χ4n) is 4.33. The molecule has 0 bridgehead atoms. The number of amides is 1. The van der Waals surface area contributed by atoms with Gasteiger partial charge in [0.2, 0.25) is 0 Å². The Bertz CT molecular complexity index is 1170. The fraction of sp³-hybridized carbons (Fsp3) is 0.476. The van der Waals surface area contributed by atoms with Gasteiger partial charge in [-0.3, -0.25) is 9.59 Å². The highest BCUT2D eigenvalue weighted by molar-refractivity contribution is 7.90.